The Hall–Kier alpha value is -2.46. The van der Waals surface area contributed by atoms with Gasteiger partial charge in [-0.05, 0) is 18.6 Å². The molecule has 0 saturated carbocycles. The molecule has 1 N–H and O–H groups in total. The van der Waals surface area contributed by atoms with Gasteiger partial charge in [-0.1, -0.05) is 49.0 Å². The van der Waals surface area contributed by atoms with Crippen molar-refractivity contribution in [2.45, 2.75) is 19.5 Å². The molecule has 1 atom stereocenters. The summed E-state index contributed by atoms with van der Waals surface area (Å²) in [4.78, 5) is 5.54. The van der Waals surface area contributed by atoms with Crippen molar-refractivity contribution in [3.63, 3.8) is 0 Å². The smallest absolute Gasteiger partial charge is 0.162 e. The van der Waals surface area contributed by atoms with E-state index in [1.165, 1.54) is 13.4 Å². The Balaban J connectivity index is 2.26. The van der Waals surface area contributed by atoms with Crippen LogP contribution in [0.1, 0.15) is 24.1 Å². The number of nitrogens with zero attached hydrogens (tertiary/aromatic N) is 1. The standard InChI is InChI=1S/C18H21NO3/c1-4-22-19(13-15-9-6-5-7-10-15)14(2)16-11-8-12-17(21-3)18(16)20/h4-12,14,20H,1,13H2,2-3H3. The zero-order chi connectivity index (χ0) is 15.9. The van der Waals surface area contributed by atoms with Gasteiger partial charge in [0.25, 0.3) is 0 Å². The molecule has 4 nitrogen and oxygen atoms in total. The van der Waals surface area contributed by atoms with E-state index in [-0.39, 0.29) is 11.8 Å². The number of phenols is 1. The minimum atomic E-state index is -0.173. The van der Waals surface area contributed by atoms with Gasteiger partial charge in [0.1, 0.15) is 6.26 Å². The molecule has 0 aromatic heterocycles. The van der Waals surface area contributed by atoms with Gasteiger partial charge in [-0.25, -0.2) is 0 Å². The monoisotopic (exact) mass is 299 g/mol. The summed E-state index contributed by atoms with van der Waals surface area (Å²) in [5.41, 5.74) is 1.84. The number of para-hydroxylation sites is 1. The third-order valence-electron chi connectivity index (χ3n) is 3.52. The number of ether oxygens (including phenoxy) is 1. The Kier molecular flexibility index (Phi) is 5.44. The van der Waals surface area contributed by atoms with Crippen molar-refractivity contribution >= 4 is 0 Å². The quantitative estimate of drug-likeness (QED) is 0.619. The Morgan fingerprint density at radius 1 is 1.18 bits per heavy atom. The fraction of sp³-hybridized carbons (Fsp3) is 0.222. The Morgan fingerprint density at radius 2 is 1.91 bits per heavy atom. The molecular formula is C18H21NO3. The zero-order valence-electron chi connectivity index (χ0n) is 12.9. The summed E-state index contributed by atoms with van der Waals surface area (Å²) in [7, 11) is 1.53. The van der Waals surface area contributed by atoms with Gasteiger partial charge in [-0.15, -0.1) is 5.06 Å². The topological polar surface area (TPSA) is 41.9 Å². The molecule has 0 fully saturated rings. The number of aromatic hydroxyl groups is 1. The Labute approximate surface area is 131 Å². The van der Waals surface area contributed by atoms with Crippen LogP contribution in [-0.4, -0.2) is 17.3 Å². The van der Waals surface area contributed by atoms with Gasteiger partial charge in [0.05, 0.1) is 19.7 Å². The van der Waals surface area contributed by atoms with Crippen molar-refractivity contribution in [1.82, 2.24) is 5.06 Å². The molecule has 0 spiro atoms. The normalized spacial score (nSPS) is 12.0. The molecule has 0 aliphatic heterocycles. The van der Waals surface area contributed by atoms with Crippen LogP contribution in [-0.2, 0) is 11.4 Å². The first kappa shape index (κ1) is 15.9. The molecule has 1 unspecified atom stereocenters. The highest BCUT2D eigenvalue weighted by Gasteiger charge is 2.21. The van der Waals surface area contributed by atoms with E-state index in [2.05, 4.69) is 6.58 Å². The predicted molar refractivity (Wildman–Crippen MR) is 86.3 cm³/mol. The van der Waals surface area contributed by atoms with Crippen LogP contribution in [0.15, 0.2) is 61.4 Å². The molecule has 22 heavy (non-hydrogen) atoms. The van der Waals surface area contributed by atoms with E-state index in [9.17, 15) is 5.11 Å². The van der Waals surface area contributed by atoms with Crippen LogP contribution < -0.4 is 4.74 Å². The average Bonchev–Trinajstić information content (AvgIpc) is 2.55. The lowest BCUT2D eigenvalue weighted by Gasteiger charge is -2.28. The van der Waals surface area contributed by atoms with Gasteiger partial charge in [0.2, 0.25) is 0 Å². The highest BCUT2D eigenvalue weighted by atomic mass is 16.7. The van der Waals surface area contributed by atoms with Crippen LogP contribution >= 0.6 is 0 Å². The Morgan fingerprint density at radius 3 is 2.55 bits per heavy atom. The summed E-state index contributed by atoms with van der Waals surface area (Å²) in [6, 6.07) is 15.2. The van der Waals surface area contributed by atoms with E-state index in [1.807, 2.05) is 49.4 Å². The lowest BCUT2D eigenvalue weighted by molar-refractivity contribution is -0.142. The summed E-state index contributed by atoms with van der Waals surface area (Å²) in [6.45, 7) is 6.16. The average molecular weight is 299 g/mol. The van der Waals surface area contributed by atoms with E-state index in [4.69, 9.17) is 9.57 Å². The minimum Gasteiger partial charge on any atom is -0.504 e. The lowest BCUT2D eigenvalue weighted by atomic mass is 10.1. The van der Waals surface area contributed by atoms with Gasteiger partial charge < -0.3 is 14.7 Å². The van der Waals surface area contributed by atoms with Gasteiger partial charge in [0.15, 0.2) is 11.5 Å². The summed E-state index contributed by atoms with van der Waals surface area (Å²) in [5, 5.41) is 12.1. The van der Waals surface area contributed by atoms with Crippen molar-refractivity contribution in [1.29, 1.82) is 0 Å². The van der Waals surface area contributed by atoms with Crippen molar-refractivity contribution in [2.24, 2.45) is 0 Å². The fourth-order valence-electron chi connectivity index (χ4n) is 2.32. The molecule has 2 aromatic rings. The van der Waals surface area contributed by atoms with Crippen LogP contribution in [0.2, 0.25) is 0 Å². The fourth-order valence-corrected chi connectivity index (χ4v) is 2.32. The molecule has 0 amide bonds. The maximum Gasteiger partial charge on any atom is 0.162 e. The van der Waals surface area contributed by atoms with Crippen LogP contribution in [0.4, 0.5) is 0 Å². The number of benzene rings is 2. The summed E-state index contributed by atoms with van der Waals surface area (Å²) in [6.07, 6.45) is 1.39. The summed E-state index contributed by atoms with van der Waals surface area (Å²) >= 11 is 0. The molecule has 0 saturated heterocycles. The van der Waals surface area contributed by atoms with Gasteiger partial charge in [-0.2, -0.15) is 0 Å². The van der Waals surface area contributed by atoms with Crippen LogP contribution in [0.3, 0.4) is 0 Å². The van der Waals surface area contributed by atoms with Gasteiger partial charge >= 0.3 is 0 Å². The summed E-state index contributed by atoms with van der Waals surface area (Å²) < 4.78 is 5.16. The second-order valence-corrected chi connectivity index (χ2v) is 4.91. The highest BCUT2D eigenvalue weighted by molar-refractivity contribution is 5.46. The zero-order valence-corrected chi connectivity index (χ0v) is 12.9. The number of hydrogen-bond acceptors (Lipinski definition) is 4. The molecule has 0 aliphatic carbocycles. The first-order valence-corrected chi connectivity index (χ1v) is 7.11. The van der Waals surface area contributed by atoms with E-state index >= 15 is 0 Å². The number of hydrogen-bond donors (Lipinski definition) is 1. The van der Waals surface area contributed by atoms with E-state index in [0.717, 1.165) is 11.1 Å². The SMILES string of the molecule is C=CON(Cc1ccccc1)C(C)c1cccc(OC)c1O. The number of hydroxylamine groups is 2. The van der Waals surface area contributed by atoms with E-state index < -0.39 is 0 Å². The molecule has 0 heterocycles. The van der Waals surface area contributed by atoms with Crippen LogP contribution in [0.25, 0.3) is 0 Å². The maximum absolute atomic E-state index is 10.3. The largest absolute Gasteiger partial charge is 0.504 e. The molecule has 0 radical (unpaired) electrons. The molecule has 116 valence electrons. The molecule has 2 rings (SSSR count). The third kappa shape index (κ3) is 3.59. The molecule has 0 bridgehead atoms. The van der Waals surface area contributed by atoms with Crippen molar-refractivity contribution < 1.29 is 14.7 Å². The second kappa shape index (κ2) is 7.52. The molecule has 2 aromatic carbocycles. The first-order valence-electron chi connectivity index (χ1n) is 7.11. The minimum absolute atomic E-state index is 0.128. The molecular weight excluding hydrogens is 278 g/mol. The second-order valence-electron chi connectivity index (χ2n) is 4.91. The number of phenolic OH excluding ortho intramolecular Hbond substituents is 1. The van der Waals surface area contributed by atoms with E-state index in [1.54, 1.807) is 11.1 Å². The molecule has 4 heteroatoms. The van der Waals surface area contributed by atoms with Gasteiger partial charge in [-0.3, -0.25) is 0 Å². The lowest BCUT2D eigenvalue weighted by Crippen LogP contribution is -2.25. The first-order chi connectivity index (χ1) is 10.7. The molecule has 0 aliphatic rings. The highest BCUT2D eigenvalue weighted by Crippen LogP contribution is 2.36. The van der Waals surface area contributed by atoms with Crippen molar-refractivity contribution in [2.75, 3.05) is 7.11 Å². The van der Waals surface area contributed by atoms with Crippen LogP contribution in [0, 0.1) is 0 Å². The number of rotatable bonds is 7. The van der Waals surface area contributed by atoms with Crippen LogP contribution in [0.5, 0.6) is 11.5 Å². The van der Waals surface area contributed by atoms with E-state index in [0.29, 0.717) is 12.3 Å². The number of methoxy groups -OCH3 is 1. The third-order valence-corrected chi connectivity index (χ3v) is 3.52. The predicted octanol–water partition coefficient (Wildman–Crippen LogP) is 4.04. The summed E-state index contributed by atoms with van der Waals surface area (Å²) in [5.74, 6) is 0.575. The van der Waals surface area contributed by atoms with Crippen molar-refractivity contribution in [3.05, 3.63) is 72.5 Å². The van der Waals surface area contributed by atoms with Crippen molar-refractivity contribution in [3.8, 4) is 11.5 Å². The van der Waals surface area contributed by atoms with Gasteiger partial charge in [0, 0.05) is 5.56 Å². The Bertz CT molecular complexity index is 613. The maximum atomic E-state index is 10.3.